The molecule has 0 aromatic rings. The van der Waals surface area contributed by atoms with Crippen LogP contribution in [0.25, 0.3) is 0 Å². The Labute approximate surface area is 93.4 Å². The second kappa shape index (κ2) is 5.28. The van der Waals surface area contributed by atoms with Gasteiger partial charge in [0.1, 0.15) is 0 Å². The fourth-order valence-corrected chi connectivity index (χ4v) is 1.88. The molecule has 1 aliphatic heterocycles. The van der Waals surface area contributed by atoms with E-state index in [0.29, 0.717) is 5.92 Å². The average molecular weight is 215 g/mol. The molecule has 3 nitrogen and oxygen atoms in total. The van der Waals surface area contributed by atoms with Crippen molar-refractivity contribution < 1.29 is 9.84 Å². The van der Waals surface area contributed by atoms with E-state index in [1.807, 2.05) is 14.1 Å². The van der Waals surface area contributed by atoms with E-state index in [4.69, 9.17) is 4.74 Å². The van der Waals surface area contributed by atoms with Gasteiger partial charge in [0.2, 0.25) is 0 Å². The monoisotopic (exact) mass is 215 g/mol. The van der Waals surface area contributed by atoms with Crippen LogP contribution < -0.4 is 0 Å². The SMILES string of the molecule is CN(C)C(C)(C)C(O)CC1CCOCC1. The van der Waals surface area contributed by atoms with Crippen LogP contribution in [-0.4, -0.2) is 49.0 Å². The zero-order valence-electron chi connectivity index (χ0n) is 10.5. The number of nitrogens with zero attached hydrogens (tertiary/aromatic N) is 1. The molecule has 0 spiro atoms. The van der Waals surface area contributed by atoms with Crippen LogP contribution in [0, 0.1) is 5.92 Å². The summed E-state index contributed by atoms with van der Waals surface area (Å²) < 4.78 is 5.32. The van der Waals surface area contributed by atoms with Crippen LogP contribution in [0.3, 0.4) is 0 Å². The number of ether oxygens (including phenoxy) is 1. The molecule has 1 atom stereocenters. The van der Waals surface area contributed by atoms with E-state index >= 15 is 0 Å². The first-order chi connectivity index (χ1) is 6.94. The Hall–Kier alpha value is -0.120. The second-order valence-corrected chi connectivity index (χ2v) is 5.36. The molecule has 1 heterocycles. The van der Waals surface area contributed by atoms with E-state index < -0.39 is 0 Å². The van der Waals surface area contributed by atoms with Crippen LogP contribution in [0.1, 0.15) is 33.1 Å². The quantitative estimate of drug-likeness (QED) is 0.771. The summed E-state index contributed by atoms with van der Waals surface area (Å²) in [6, 6.07) is 0. The molecule has 90 valence electrons. The molecular formula is C12H25NO2. The Kier molecular flexibility index (Phi) is 4.56. The van der Waals surface area contributed by atoms with Gasteiger partial charge in [0.05, 0.1) is 6.10 Å². The van der Waals surface area contributed by atoms with E-state index in [-0.39, 0.29) is 11.6 Å². The van der Waals surface area contributed by atoms with E-state index in [1.54, 1.807) is 0 Å². The molecule has 0 amide bonds. The van der Waals surface area contributed by atoms with E-state index in [1.165, 1.54) is 0 Å². The van der Waals surface area contributed by atoms with Gasteiger partial charge in [-0.15, -0.1) is 0 Å². The molecular weight excluding hydrogens is 190 g/mol. The van der Waals surface area contributed by atoms with Crippen molar-refractivity contribution in [1.29, 1.82) is 0 Å². The Bertz CT molecular complexity index is 186. The van der Waals surface area contributed by atoms with E-state index in [2.05, 4.69) is 18.7 Å². The number of aliphatic hydroxyl groups excluding tert-OH is 1. The fourth-order valence-electron chi connectivity index (χ4n) is 1.88. The third-order valence-corrected chi connectivity index (χ3v) is 3.87. The molecule has 0 aromatic carbocycles. The number of hydrogen-bond donors (Lipinski definition) is 1. The molecule has 1 aliphatic rings. The number of rotatable bonds is 4. The lowest BCUT2D eigenvalue weighted by Gasteiger charge is -2.39. The van der Waals surface area contributed by atoms with Gasteiger partial charge in [0.15, 0.2) is 0 Å². The van der Waals surface area contributed by atoms with Gasteiger partial charge >= 0.3 is 0 Å². The van der Waals surface area contributed by atoms with Crippen molar-refractivity contribution in [2.45, 2.75) is 44.8 Å². The predicted molar refractivity (Wildman–Crippen MR) is 61.9 cm³/mol. The molecule has 1 rings (SSSR count). The normalized spacial score (nSPS) is 22.0. The maximum atomic E-state index is 10.2. The Morgan fingerprint density at radius 1 is 1.33 bits per heavy atom. The van der Waals surface area contributed by atoms with Crippen molar-refractivity contribution in [2.24, 2.45) is 5.92 Å². The highest BCUT2D eigenvalue weighted by molar-refractivity contribution is 4.87. The lowest BCUT2D eigenvalue weighted by molar-refractivity contribution is -0.0154. The van der Waals surface area contributed by atoms with Crippen molar-refractivity contribution in [2.75, 3.05) is 27.3 Å². The third kappa shape index (κ3) is 3.44. The van der Waals surface area contributed by atoms with Crippen molar-refractivity contribution in [3.05, 3.63) is 0 Å². The number of hydrogen-bond acceptors (Lipinski definition) is 3. The van der Waals surface area contributed by atoms with Crippen LogP contribution in [0.15, 0.2) is 0 Å². The molecule has 1 N–H and O–H groups in total. The zero-order chi connectivity index (χ0) is 11.5. The van der Waals surface area contributed by atoms with Crippen molar-refractivity contribution in [1.82, 2.24) is 4.90 Å². The molecule has 0 saturated carbocycles. The van der Waals surface area contributed by atoms with Crippen LogP contribution in [-0.2, 0) is 4.74 Å². The summed E-state index contributed by atoms with van der Waals surface area (Å²) in [5.74, 6) is 0.632. The van der Waals surface area contributed by atoms with Gasteiger partial charge < -0.3 is 14.7 Å². The summed E-state index contributed by atoms with van der Waals surface area (Å²) in [5.41, 5.74) is -0.141. The maximum absolute atomic E-state index is 10.2. The molecule has 0 aromatic heterocycles. The predicted octanol–water partition coefficient (Wildman–Crippen LogP) is 1.50. The Morgan fingerprint density at radius 3 is 2.33 bits per heavy atom. The molecule has 0 radical (unpaired) electrons. The summed E-state index contributed by atoms with van der Waals surface area (Å²) >= 11 is 0. The lowest BCUT2D eigenvalue weighted by Crippen LogP contribution is -2.49. The van der Waals surface area contributed by atoms with Crippen LogP contribution in [0.5, 0.6) is 0 Å². The highest BCUT2D eigenvalue weighted by Gasteiger charge is 2.32. The van der Waals surface area contributed by atoms with Crippen LogP contribution in [0.4, 0.5) is 0 Å². The number of aliphatic hydroxyl groups is 1. The van der Waals surface area contributed by atoms with Crippen molar-refractivity contribution >= 4 is 0 Å². The fraction of sp³-hybridized carbons (Fsp3) is 1.00. The van der Waals surface area contributed by atoms with Crippen LogP contribution in [0.2, 0.25) is 0 Å². The molecule has 15 heavy (non-hydrogen) atoms. The molecule has 3 heteroatoms. The summed E-state index contributed by atoms with van der Waals surface area (Å²) in [5, 5.41) is 10.2. The van der Waals surface area contributed by atoms with Gasteiger partial charge in [-0.2, -0.15) is 0 Å². The molecule has 1 unspecified atom stereocenters. The minimum Gasteiger partial charge on any atom is -0.391 e. The minimum atomic E-state index is -0.254. The lowest BCUT2D eigenvalue weighted by atomic mass is 9.85. The first-order valence-corrected chi connectivity index (χ1v) is 5.88. The van der Waals surface area contributed by atoms with Gasteiger partial charge in [0, 0.05) is 18.8 Å². The Balaban J connectivity index is 2.42. The van der Waals surface area contributed by atoms with E-state index in [0.717, 1.165) is 32.5 Å². The van der Waals surface area contributed by atoms with Gasteiger partial charge in [-0.05, 0) is 53.1 Å². The first-order valence-electron chi connectivity index (χ1n) is 5.88. The van der Waals surface area contributed by atoms with Crippen molar-refractivity contribution in [3.63, 3.8) is 0 Å². The molecule has 1 fully saturated rings. The summed E-state index contributed by atoms with van der Waals surface area (Å²) in [4.78, 5) is 2.09. The summed E-state index contributed by atoms with van der Waals surface area (Å²) in [7, 11) is 4.04. The van der Waals surface area contributed by atoms with Crippen LogP contribution >= 0.6 is 0 Å². The minimum absolute atomic E-state index is 0.141. The largest absolute Gasteiger partial charge is 0.391 e. The standard InChI is InChI=1S/C12H25NO2/c1-12(2,13(3)4)11(14)9-10-5-7-15-8-6-10/h10-11,14H,5-9H2,1-4H3. The highest BCUT2D eigenvalue weighted by Crippen LogP contribution is 2.26. The number of likely N-dealkylation sites (N-methyl/N-ethyl adjacent to an activating group) is 1. The smallest absolute Gasteiger partial charge is 0.0720 e. The third-order valence-electron chi connectivity index (χ3n) is 3.87. The second-order valence-electron chi connectivity index (χ2n) is 5.36. The Morgan fingerprint density at radius 2 is 1.87 bits per heavy atom. The summed E-state index contributed by atoms with van der Waals surface area (Å²) in [6.45, 7) is 5.91. The van der Waals surface area contributed by atoms with E-state index in [9.17, 15) is 5.11 Å². The van der Waals surface area contributed by atoms with Crippen molar-refractivity contribution in [3.8, 4) is 0 Å². The van der Waals surface area contributed by atoms with Gasteiger partial charge in [0.25, 0.3) is 0 Å². The zero-order valence-corrected chi connectivity index (χ0v) is 10.5. The molecule has 0 bridgehead atoms. The average Bonchev–Trinajstić information content (AvgIpc) is 2.18. The summed E-state index contributed by atoms with van der Waals surface area (Å²) in [6.07, 6.45) is 2.84. The molecule has 1 saturated heterocycles. The first kappa shape index (κ1) is 12.9. The van der Waals surface area contributed by atoms with Gasteiger partial charge in [-0.25, -0.2) is 0 Å². The topological polar surface area (TPSA) is 32.7 Å². The molecule has 0 aliphatic carbocycles. The van der Waals surface area contributed by atoms with Gasteiger partial charge in [-0.3, -0.25) is 0 Å². The highest BCUT2D eigenvalue weighted by atomic mass is 16.5. The maximum Gasteiger partial charge on any atom is 0.0720 e. The van der Waals surface area contributed by atoms with Gasteiger partial charge in [-0.1, -0.05) is 0 Å².